The number of carbonyl (C=O) groups is 1. The van der Waals surface area contributed by atoms with Gasteiger partial charge in [0.25, 0.3) is 0 Å². The minimum atomic E-state index is -4.27. The smallest absolute Gasteiger partial charge is 0.326 e. The molecule has 0 spiro atoms. The molecule has 0 saturated carbocycles. The van der Waals surface area contributed by atoms with E-state index in [1.165, 1.54) is 0 Å². The molecule has 0 saturated heterocycles. The first-order valence-corrected chi connectivity index (χ1v) is 5.62. The Balaban J connectivity index is 4.03. The largest absolute Gasteiger partial charge is 0.394 e. The maximum atomic E-state index is 10.9. The van der Waals surface area contributed by atoms with Crippen LogP contribution in [-0.2, 0) is 9.36 Å². The summed E-state index contributed by atoms with van der Waals surface area (Å²) in [4.78, 5) is 27.7. The Morgan fingerprint density at radius 3 is 2.14 bits per heavy atom. The predicted molar refractivity (Wildman–Crippen MR) is 45.6 cm³/mol. The van der Waals surface area contributed by atoms with E-state index in [-0.39, 0.29) is 0 Å². The van der Waals surface area contributed by atoms with Crippen LogP contribution in [0.25, 0.3) is 0 Å². The van der Waals surface area contributed by atoms with Crippen LogP contribution in [0.1, 0.15) is 6.42 Å². The van der Waals surface area contributed by atoms with Crippen LogP contribution in [-0.4, -0.2) is 55.9 Å². The van der Waals surface area contributed by atoms with Gasteiger partial charge in [-0.15, -0.1) is 0 Å². The molecule has 0 heterocycles. The van der Waals surface area contributed by atoms with Crippen molar-refractivity contribution < 1.29 is 34.5 Å². The van der Waals surface area contributed by atoms with E-state index in [1.807, 2.05) is 0 Å². The molecule has 0 aromatic carbocycles. The number of ketones is 1. The molecule has 0 amide bonds. The Bertz CT molecular complexity index is 234. The number of carbonyl (C=O) groups excluding carboxylic acids is 1. The molecule has 2 atom stereocenters. The molecule has 8 heteroatoms. The van der Waals surface area contributed by atoms with E-state index in [0.717, 1.165) is 0 Å². The minimum absolute atomic E-state index is 0.539. The number of rotatable bonds is 6. The first-order valence-electron chi connectivity index (χ1n) is 3.82. The van der Waals surface area contributed by atoms with Gasteiger partial charge in [0.2, 0.25) is 0 Å². The van der Waals surface area contributed by atoms with Crippen molar-refractivity contribution in [1.82, 2.24) is 0 Å². The maximum absolute atomic E-state index is 10.9. The Morgan fingerprint density at radius 1 is 1.29 bits per heavy atom. The molecule has 0 aromatic rings. The highest BCUT2D eigenvalue weighted by molar-refractivity contribution is 7.51. The standard InChI is InChI=1S/C6H13O7P/c7-3-5(9)6(10)4(8)1-2-14(11,12)13/h5-7,9-10H,1-3H2,(H2,11,12,13). The molecule has 2 unspecified atom stereocenters. The van der Waals surface area contributed by atoms with Crippen molar-refractivity contribution in [3.05, 3.63) is 0 Å². The molecule has 0 radical (unpaired) electrons. The average Bonchev–Trinajstić information content (AvgIpc) is 2.10. The molecule has 0 aromatic heterocycles. The molecule has 0 bridgehead atoms. The number of hydrogen-bond acceptors (Lipinski definition) is 5. The van der Waals surface area contributed by atoms with E-state index in [0.29, 0.717) is 0 Å². The fraction of sp³-hybridized carbons (Fsp3) is 0.833. The lowest BCUT2D eigenvalue weighted by Crippen LogP contribution is -2.36. The lowest BCUT2D eigenvalue weighted by molar-refractivity contribution is -0.134. The molecule has 0 rings (SSSR count). The summed E-state index contributed by atoms with van der Waals surface area (Å²) in [5.41, 5.74) is 0. The Kier molecular flexibility index (Phi) is 5.43. The van der Waals surface area contributed by atoms with Crippen LogP contribution in [0.3, 0.4) is 0 Å². The second kappa shape index (κ2) is 5.55. The van der Waals surface area contributed by atoms with Crippen molar-refractivity contribution in [2.75, 3.05) is 12.8 Å². The van der Waals surface area contributed by atoms with Gasteiger partial charge in [-0.1, -0.05) is 0 Å². The Hall–Kier alpha value is -0.300. The summed E-state index contributed by atoms with van der Waals surface area (Å²) >= 11 is 0. The van der Waals surface area contributed by atoms with Crippen LogP contribution in [0.15, 0.2) is 0 Å². The summed E-state index contributed by atoms with van der Waals surface area (Å²) < 4.78 is 10.3. The second-order valence-corrected chi connectivity index (χ2v) is 4.58. The monoisotopic (exact) mass is 228 g/mol. The molecule has 0 fully saturated rings. The van der Waals surface area contributed by atoms with Gasteiger partial charge in [-0.25, -0.2) is 0 Å². The van der Waals surface area contributed by atoms with E-state index in [9.17, 15) is 9.36 Å². The summed E-state index contributed by atoms with van der Waals surface area (Å²) in [5.74, 6) is -0.908. The molecule has 0 aliphatic carbocycles. The highest BCUT2D eigenvalue weighted by Gasteiger charge is 2.25. The second-order valence-electron chi connectivity index (χ2n) is 2.80. The normalized spacial score (nSPS) is 16.4. The van der Waals surface area contributed by atoms with Gasteiger partial charge >= 0.3 is 7.60 Å². The predicted octanol–water partition coefficient (Wildman–Crippen LogP) is -2.16. The third-order valence-corrected chi connectivity index (χ3v) is 2.34. The summed E-state index contributed by atoms with van der Waals surface area (Å²) in [7, 11) is -4.27. The third kappa shape index (κ3) is 5.43. The van der Waals surface area contributed by atoms with Gasteiger partial charge in [-0.2, -0.15) is 0 Å². The van der Waals surface area contributed by atoms with Crippen LogP contribution in [0.5, 0.6) is 0 Å². The van der Waals surface area contributed by atoms with Gasteiger partial charge in [0.05, 0.1) is 12.8 Å². The Labute approximate surface area is 80.2 Å². The number of aliphatic hydroxyl groups is 3. The van der Waals surface area contributed by atoms with Crippen molar-refractivity contribution in [3.8, 4) is 0 Å². The first kappa shape index (κ1) is 13.7. The van der Waals surface area contributed by atoms with E-state index in [4.69, 9.17) is 25.1 Å². The molecular formula is C6H13O7P. The van der Waals surface area contributed by atoms with Gasteiger partial charge in [0.15, 0.2) is 5.78 Å². The van der Waals surface area contributed by atoms with E-state index in [1.54, 1.807) is 0 Å². The number of aliphatic hydroxyl groups excluding tert-OH is 3. The molecule has 14 heavy (non-hydrogen) atoms. The lowest BCUT2D eigenvalue weighted by Gasteiger charge is -2.14. The van der Waals surface area contributed by atoms with Gasteiger partial charge in [0, 0.05) is 6.42 Å². The van der Waals surface area contributed by atoms with Crippen LogP contribution >= 0.6 is 7.60 Å². The van der Waals surface area contributed by atoms with Crippen molar-refractivity contribution in [2.24, 2.45) is 0 Å². The van der Waals surface area contributed by atoms with Gasteiger partial charge in [-0.3, -0.25) is 9.36 Å². The summed E-state index contributed by atoms with van der Waals surface area (Å²) in [6.07, 6.45) is -4.63. The average molecular weight is 228 g/mol. The number of hydrogen-bond donors (Lipinski definition) is 5. The van der Waals surface area contributed by atoms with Gasteiger partial charge in [0.1, 0.15) is 12.2 Å². The fourth-order valence-electron chi connectivity index (χ4n) is 0.718. The zero-order valence-corrected chi connectivity index (χ0v) is 8.17. The van der Waals surface area contributed by atoms with Crippen LogP contribution in [0.2, 0.25) is 0 Å². The third-order valence-electron chi connectivity index (χ3n) is 1.53. The molecular weight excluding hydrogens is 215 g/mol. The van der Waals surface area contributed by atoms with Crippen molar-refractivity contribution >= 4 is 13.4 Å². The summed E-state index contributed by atoms with van der Waals surface area (Å²) in [6.45, 7) is -0.789. The van der Waals surface area contributed by atoms with Crippen molar-refractivity contribution in [3.63, 3.8) is 0 Å². The van der Waals surface area contributed by atoms with Crippen molar-refractivity contribution in [1.29, 1.82) is 0 Å². The molecule has 84 valence electrons. The highest BCUT2D eigenvalue weighted by atomic mass is 31.2. The fourth-order valence-corrected chi connectivity index (χ4v) is 1.23. The molecule has 7 nitrogen and oxygen atoms in total. The topological polar surface area (TPSA) is 135 Å². The van der Waals surface area contributed by atoms with Gasteiger partial charge < -0.3 is 25.1 Å². The molecule has 0 aliphatic rings. The van der Waals surface area contributed by atoms with Crippen LogP contribution in [0, 0.1) is 0 Å². The van der Waals surface area contributed by atoms with Crippen LogP contribution < -0.4 is 0 Å². The summed E-state index contributed by atoms with van der Waals surface area (Å²) in [6, 6.07) is 0. The summed E-state index contributed by atoms with van der Waals surface area (Å²) in [5, 5.41) is 26.1. The zero-order valence-electron chi connectivity index (χ0n) is 7.28. The highest BCUT2D eigenvalue weighted by Crippen LogP contribution is 2.35. The first-order chi connectivity index (χ1) is 6.28. The van der Waals surface area contributed by atoms with Crippen LogP contribution in [0.4, 0.5) is 0 Å². The lowest BCUT2D eigenvalue weighted by atomic mass is 10.1. The SMILES string of the molecule is O=C(CCP(=O)(O)O)C(O)C(O)CO. The van der Waals surface area contributed by atoms with E-state index in [2.05, 4.69) is 0 Å². The maximum Gasteiger partial charge on any atom is 0.326 e. The van der Waals surface area contributed by atoms with Crippen molar-refractivity contribution in [2.45, 2.75) is 18.6 Å². The molecule has 0 aliphatic heterocycles. The van der Waals surface area contributed by atoms with Gasteiger partial charge in [-0.05, 0) is 0 Å². The zero-order chi connectivity index (χ0) is 11.4. The number of Topliss-reactive ketones (excluding diaryl/α,β-unsaturated/α-hetero) is 1. The minimum Gasteiger partial charge on any atom is -0.394 e. The quantitative estimate of drug-likeness (QED) is 0.326. The van der Waals surface area contributed by atoms with E-state index < -0.39 is 44.8 Å². The Morgan fingerprint density at radius 2 is 1.79 bits per heavy atom. The van der Waals surface area contributed by atoms with E-state index >= 15 is 0 Å². The molecule has 5 N–H and O–H groups in total.